The van der Waals surface area contributed by atoms with E-state index in [0.29, 0.717) is 6.61 Å². The minimum Gasteiger partial charge on any atom is -0.465 e. The standard InChI is InChI=1S/C14H28N2O2/c1-4-10-16(3)11-8-12-7-6-9-14(12,15)13(17)18-5-2/h12H,4-11,15H2,1-3H3. The maximum Gasteiger partial charge on any atom is 0.326 e. The molecule has 0 radical (unpaired) electrons. The zero-order valence-corrected chi connectivity index (χ0v) is 12.1. The molecular formula is C14H28N2O2. The molecule has 4 nitrogen and oxygen atoms in total. The Morgan fingerprint density at radius 2 is 2.17 bits per heavy atom. The van der Waals surface area contributed by atoms with Crippen LogP contribution in [0.25, 0.3) is 0 Å². The second-order valence-corrected chi connectivity index (χ2v) is 5.44. The summed E-state index contributed by atoms with van der Waals surface area (Å²) in [5, 5.41) is 0. The van der Waals surface area contributed by atoms with Crippen molar-refractivity contribution in [2.75, 3.05) is 26.7 Å². The average Bonchev–Trinajstić information content (AvgIpc) is 2.70. The van der Waals surface area contributed by atoms with Crippen LogP contribution in [0.4, 0.5) is 0 Å². The van der Waals surface area contributed by atoms with E-state index in [9.17, 15) is 4.79 Å². The molecular weight excluding hydrogens is 228 g/mol. The molecule has 2 atom stereocenters. The molecule has 0 saturated heterocycles. The fourth-order valence-electron chi connectivity index (χ4n) is 2.91. The van der Waals surface area contributed by atoms with Crippen molar-refractivity contribution in [2.24, 2.45) is 11.7 Å². The monoisotopic (exact) mass is 256 g/mol. The van der Waals surface area contributed by atoms with Gasteiger partial charge in [0.15, 0.2) is 0 Å². The van der Waals surface area contributed by atoms with Crippen LogP contribution in [0.2, 0.25) is 0 Å². The quantitative estimate of drug-likeness (QED) is 0.705. The fourth-order valence-corrected chi connectivity index (χ4v) is 2.91. The first kappa shape index (κ1) is 15.4. The van der Waals surface area contributed by atoms with Crippen molar-refractivity contribution in [3.8, 4) is 0 Å². The van der Waals surface area contributed by atoms with Gasteiger partial charge in [-0.1, -0.05) is 13.3 Å². The molecule has 1 aliphatic carbocycles. The highest BCUT2D eigenvalue weighted by Crippen LogP contribution is 2.37. The van der Waals surface area contributed by atoms with E-state index in [1.807, 2.05) is 6.92 Å². The van der Waals surface area contributed by atoms with Crippen molar-refractivity contribution in [1.29, 1.82) is 0 Å². The third kappa shape index (κ3) is 3.69. The SMILES string of the molecule is CCCN(C)CCC1CCCC1(N)C(=O)OCC. The van der Waals surface area contributed by atoms with E-state index in [1.54, 1.807) is 0 Å². The van der Waals surface area contributed by atoms with Gasteiger partial charge in [0.25, 0.3) is 0 Å². The summed E-state index contributed by atoms with van der Waals surface area (Å²) in [6.07, 6.45) is 5.01. The number of carbonyl (C=O) groups excluding carboxylic acids is 1. The van der Waals surface area contributed by atoms with Gasteiger partial charge in [-0.2, -0.15) is 0 Å². The Balaban J connectivity index is 2.50. The lowest BCUT2D eigenvalue weighted by Crippen LogP contribution is -2.52. The Labute approximate surface area is 111 Å². The molecule has 0 aliphatic heterocycles. The van der Waals surface area contributed by atoms with Gasteiger partial charge in [-0.25, -0.2) is 0 Å². The number of nitrogens with zero attached hydrogens (tertiary/aromatic N) is 1. The molecule has 4 heteroatoms. The van der Waals surface area contributed by atoms with E-state index in [-0.39, 0.29) is 11.9 Å². The summed E-state index contributed by atoms with van der Waals surface area (Å²) in [7, 11) is 2.13. The summed E-state index contributed by atoms with van der Waals surface area (Å²) in [6, 6.07) is 0. The van der Waals surface area contributed by atoms with Crippen molar-refractivity contribution in [3.05, 3.63) is 0 Å². The molecule has 0 aromatic carbocycles. The number of carbonyl (C=O) groups is 1. The summed E-state index contributed by atoms with van der Waals surface area (Å²) in [5.74, 6) is 0.0708. The fraction of sp³-hybridized carbons (Fsp3) is 0.929. The van der Waals surface area contributed by atoms with Crippen LogP contribution < -0.4 is 5.73 Å². The predicted octanol–water partition coefficient (Wildman–Crippen LogP) is 1.78. The van der Waals surface area contributed by atoms with Crippen LogP contribution in [0.1, 0.15) is 46.0 Å². The molecule has 1 saturated carbocycles. The van der Waals surface area contributed by atoms with Crippen LogP contribution in [0.3, 0.4) is 0 Å². The van der Waals surface area contributed by atoms with Crippen molar-refractivity contribution in [3.63, 3.8) is 0 Å². The summed E-state index contributed by atoms with van der Waals surface area (Å²) in [6.45, 7) is 6.54. The second-order valence-electron chi connectivity index (χ2n) is 5.44. The summed E-state index contributed by atoms with van der Waals surface area (Å²) in [4.78, 5) is 14.3. The Morgan fingerprint density at radius 1 is 1.44 bits per heavy atom. The molecule has 0 spiro atoms. The molecule has 1 rings (SSSR count). The molecule has 18 heavy (non-hydrogen) atoms. The molecule has 1 aliphatic rings. The van der Waals surface area contributed by atoms with Gasteiger partial charge in [0.1, 0.15) is 5.54 Å². The average molecular weight is 256 g/mol. The normalized spacial score (nSPS) is 27.7. The largest absolute Gasteiger partial charge is 0.465 e. The molecule has 2 unspecified atom stereocenters. The minimum atomic E-state index is -0.733. The van der Waals surface area contributed by atoms with Crippen LogP contribution >= 0.6 is 0 Å². The van der Waals surface area contributed by atoms with Gasteiger partial charge in [0.2, 0.25) is 0 Å². The summed E-state index contributed by atoms with van der Waals surface area (Å²) in [5.41, 5.74) is 5.57. The van der Waals surface area contributed by atoms with Crippen molar-refractivity contribution >= 4 is 5.97 Å². The smallest absolute Gasteiger partial charge is 0.326 e. The van der Waals surface area contributed by atoms with Crippen LogP contribution in [0, 0.1) is 5.92 Å². The van der Waals surface area contributed by atoms with Gasteiger partial charge in [0.05, 0.1) is 6.61 Å². The number of ether oxygens (including phenoxy) is 1. The molecule has 0 aromatic rings. The number of hydrogen-bond donors (Lipinski definition) is 1. The van der Waals surface area contributed by atoms with E-state index in [2.05, 4.69) is 18.9 Å². The van der Waals surface area contributed by atoms with E-state index < -0.39 is 5.54 Å². The van der Waals surface area contributed by atoms with Crippen molar-refractivity contribution in [1.82, 2.24) is 4.90 Å². The predicted molar refractivity (Wildman–Crippen MR) is 73.3 cm³/mol. The Hall–Kier alpha value is -0.610. The molecule has 1 fully saturated rings. The number of nitrogens with two attached hydrogens (primary N) is 1. The number of hydrogen-bond acceptors (Lipinski definition) is 4. The van der Waals surface area contributed by atoms with Crippen molar-refractivity contribution < 1.29 is 9.53 Å². The zero-order valence-electron chi connectivity index (χ0n) is 12.1. The molecule has 2 N–H and O–H groups in total. The van der Waals surface area contributed by atoms with Crippen LogP contribution in [-0.4, -0.2) is 43.2 Å². The van der Waals surface area contributed by atoms with E-state index in [1.165, 1.54) is 0 Å². The maximum absolute atomic E-state index is 12.0. The van der Waals surface area contributed by atoms with Crippen LogP contribution in [0.15, 0.2) is 0 Å². The van der Waals surface area contributed by atoms with Crippen molar-refractivity contribution in [2.45, 2.75) is 51.5 Å². The molecule has 0 heterocycles. The van der Waals surface area contributed by atoms with Gasteiger partial charge in [-0.15, -0.1) is 0 Å². The number of esters is 1. The topological polar surface area (TPSA) is 55.6 Å². The second kappa shape index (κ2) is 7.10. The molecule has 0 bridgehead atoms. The molecule has 0 aromatic heterocycles. The van der Waals surface area contributed by atoms with E-state index in [0.717, 1.165) is 45.2 Å². The Kier molecular flexibility index (Phi) is 6.09. The highest BCUT2D eigenvalue weighted by molar-refractivity contribution is 5.81. The highest BCUT2D eigenvalue weighted by Gasteiger charge is 2.46. The summed E-state index contributed by atoms with van der Waals surface area (Å²) < 4.78 is 5.14. The van der Waals surface area contributed by atoms with Crippen LogP contribution in [0.5, 0.6) is 0 Å². The zero-order chi connectivity index (χ0) is 13.6. The highest BCUT2D eigenvalue weighted by atomic mass is 16.5. The number of rotatable bonds is 7. The lowest BCUT2D eigenvalue weighted by Gasteiger charge is -2.30. The van der Waals surface area contributed by atoms with Gasteiger partial charge in [0, 0.05) is 0 Å². The third-order valence-corrected chi connectivity index (χ3v) is 3.99. The lowest BCUT2D eigenvalue weighted by atomic mass is 9.85. The first-order valence-corrected chi connectivity index (χ1v) is 7.19. The van der Waals surface area contributed by atoms with Crippen LogP contribution in [-0.2, 0) is 9.53 Å². The van der Waals surface area contributed by atoms with Gasteiger partial charge in [-0.05, 0) is 58.7 Å². The third-order valence-electron chi connectivity index (χ3n) is 3.99. The first-order chi connectivity index (χ1) is 8.54. The van der Waals surface area contributed by atoms with E-state index in [4.69, 9.17) is 10.5 Å². The maximum atomic E-state index is 12.0. The first-order valence-electron chi connectivity index (χ1n) is 7.19. The molecule has 106 valence electrons. The van der Waals surface area contributed by atoms with Gasteiger partial charge in [-0.3, -0.25) is 4.79 Å². The Bertz CT molecular complexity index is 271. The van der Waals surface area contributed by atoms with Gasteiger partial charge >= 0.3 is 5.97 Å². The lowest BCUT2D eigenvalue weighted by molar-refractivity contribution is -0.151. The molecule has 0 amide bonds. The van der Waals surface area contributed by atoms with Gasteiger partial charge < -0.3 is 15.4 Å². The minimum absolute atomic E-state index is 0.203. The summed E-state index contributed by atoms with van der Waals surface area (Å²) >= 11 is 0. The Morgan fingerprint density at radius 3 is 2.78 bits per heavy atom. The van der Waals surface area contributed by atoms with E-state index >= 15 is 0 Å².